The third kappa shape index (κ3) is 3.31. The molecule has 2 N–H and O–H groups in total. The van der Waals surface area contributed by atoms with Crippen molar-refractivity contribution in [2.24, 2.45) is 0 Å². The third-order valence-electron chi connectivity index (χ3n) is 2.86. The fourth-order valence-electron chi connectivity index (χ4n) is 1.72. The summed E-state index contributed by atoms with van der Waals surface area (Å²) in [5.74, 6) is 0.468. The van der Waals surface area contributed by atoms with Gasteiger partial charge in [-0.2, -0.15) is 0 Å². The summed E-state index contributed by atoms with van der Waals surface area (Å²) in [5, 5.41) is 5.74. The van der Waals surface area contributed by atoms with Crippen molar-refractivity contribution >= 4 is 17.4 Å². The van der Waals surface area contributed by atoms with Gasteiger partial charge in [-0.25, -0.2) is 4.98 Å². The Balaban J connectivity index is 2.11. The maximum absolute atomic E-state index is 12.0. The van der Waals surface area contributed by atoms with Gasteiger partial charge in [0.1, 0.15) is 11.5 Å². The van der Waals surface area contributed by atoms with Crippen LogP contribution in [0.3, 0.4) is 0 Å². The quantitative estimate of drug-likeness (QED) is 0.883. The van der Waals surface area contributed by atoms with Crippen LogP contribution in [-0.2, 0) is 6.42 Å². The van der Waals surface area contributed by atoms with Crippen LogP contribution in [0.4, 0.5) is 11.5 Å². The van der Waals surface area contributed by atoms with E-state index in [9.17, 15) is 4.79 Å². The normalized spacial score (nSPS) is 10.0. The third-order valence-corrected chi connectivity index (χ3v) is 2.86. The molecule has 4 heteroatoms. The van der Waals surface area contributed by atoms with Gasteiger partial charge in [0, 0.05) is 12.7 Å². The zero-order chi connectivity index (χ0) is 13.7. The zero-order valence-electron chi connectivity index (χ0n) is 11.1. The molecule has 19 heavy (non-hydrogen) atoms. The molecule has 0 atom stereocenters. The molecule has 0 spiro atoms. The number of benzene rings is 1. The van der Waals surface area contributed by atoms with Gasteiger partial charge in [-0.3, -0.25) is 4.79 Å². The van der Waals surface area contributed by atoms with E-state index in [0.717, 1.165) is 12.1 Å². The minimum absolute atomic E-state index is 0.207. The molecule has 0 aliphatic heterocycles. The molecule has 0 radical (unpaired) electrons. The minimum Gasteiger partial charge on any atom is -0.373 e. The molecule has 1 amide bonds. The van der Waals surface area contributed by atoms with Crippen LogP contribution in [0, 0.1) is 0 Å². The van der Waals surface area contributed by atoms with Crippen molar-refractivity contribution < 1.29 is 4.79 Å². The molecule has 0 saturated carbocycles. The lowest BCUT2D eigenvalue weighted by Crippen LogP contribution is -2.14. The fraction of sp³-hybridized carbons (Fsp3) is 0.200. The number of aryl methyl sites for hydroxylation is 1. The lowest BCUT2D eigenvalue weighted by atomic mass is 10.1. The van der Waals surface area contributed by atoms with Gasteiger partial charge < -0.3 is 10.6 Å². The Kier molecular flexibility index (Phi) is 4.13. The van der Waals surface area contributed by atoms with E-state index in [1.165, 1.54) is 5.56 Å². The fourth-order valence-corrected chi connectivity index (χ4v) is 1.72. The van der Waals surface area contributed by atoms with E-state index in [-0.39, 0.29) is 5.91 Å². The van der Waals surface area contributed by atoms with E-state index in [1.54, 1.807) is 19.2 Å². The van der Waals surface area contributed by atoms with Gasteiger partial charge in [-0.1, -0.05) is 25.1 Å². The molecule has 2 aromatic rings. The molecule has 0 aliphatic rings. The zero-order valence-corrected chi connectivity index (χ0v) is 11.1. The Bertz CT molecular complexity index is 564. The van der Waals surface area contributed by atoms with E-state index in [1.807, 2.05) is 30.3 Å². The van der Waals surface area contributed by atoms with Crippen LogP contribution in [0.25, 0.3) is 0 Å². The summed E-state index contributed by atoms with van der Waals surface area (Å²) in [6.45, 7) is 2.10. The average molecular weight is 255 g/mol. The van der Waals surface area contributed by atoms with Gasteiger partial charge in [0.15, 0.2) is 0 Å². The second kappa shape index (κ2) is 6.00. The number of carbonyl (C=O) groups is 1. The monoisotopic (exact) mass is 255 g/mol. The molecule has 0 saturated heterocycles. The molecule has 98 valence electrons. The van der Waals surface area contributed by atoms with Crippen molar-refractivity contribution in [3.63, 3.8) is 0 Å². The second-order valence-electron chi connectivity index (χ2n) is 4.16. The molecule has 1 heterocycles. The number of pyridine rings is 1. The standard InChI is InChI=1S/C15H17N3O/c1-3-11-7-9-12(10-8-11)17-15(19)13-5-4-6-14(16-2)18-13/h4-10H,3H2,1-2H3,(H,16,18)(H,17,19). The van der Waals surface area contributed by atoms with Crippen LogP contribution >= 0.6 is 0 Å². The number of carbonyl (C=O) groups excluding carboxylic acids is 1. The average Bonchev–Trinajstić information content (AvgIpc) is 2.48. The van der Waals surface area contributed by atoms with Crippen molar-refractivity contribution in [3.05, 3.63) is 53.7 Å². The Labute approximate surface area is 112 Å². The summed E-state index contributed by atoms with van der Waals surface area (Å²) in [6, 6.07) is 13.1. The van der Waals surface area contributed by atoms with Gasteiger partial charge in [0.05, 0.1) is 0 Å². The molecule has 2 rings (SSSR count). The van der Waals surface area contributed by atoms with Gasteiger partial charge in [0.2, 0.25) is 0 Å². The molecule has 1 aromatic heterocycles. The van der Waals surface area contributed by atoms with Crippen LogP contribution in [0.2, 0.25) is 0 Å². The Morgan fingerprint density at radius 2 is 1.89 bits per heavy atom. The van der Waals surface area contributed by atoms with Crippen molar-refractivity contribution in [1.29, 1.82) is 0 Å². The minimum atomic E-state index is -0.207. The summed E-state index contributed by atoms with van der Waals surface area (Å²) in [6.07, 6.45) is 0.986. The van der Waals surface area contributed by atoms with Crippen LogP contribution in [-0.4, -0.2) is 17.9 Å². The van der Waals surface area contributed by atoms with Crippen molar-refractivity contribution in [1.82, 2.24) is 4.98 Å². The van der Waals surface area contributed by atoms with Crippen molar-refractivity contribution in [2.75, 3.05) is 17.7 Å². The van der Waals surface area contributed by atoms with E-state index in [0.29, 0.717) is 11.5 Å². The number of nitrogens with zero attached hydrogens (tertiary/aromatic N) is 1. The Morgan fingerprint density at radius 1 is 1.16 bits per heavy atom. The second-order valence-corrected chi connectivity index (χ2v) is 4.16. The number of hydrogen-bond acceptors (Lipinski definition) is 3. The van der Waals surface area contributed by atoms with Crippen molar-refractivity contribution in [3.8, 4) is 0 Å². The number of hydrogen-bond donors (Lipinski definition) is 2. The van der Waals surface area contributed by atoms with E-state index >= 15 is 0 Å². The van der Waals surface area contributed by atoms with Crippen LogP contribution < -0.4 is 10.6 Å². The molecule has 4 nitrogen and oxygen atoms in total. The van der Waals surface area contributed by atoms with E-state index in [4.69, 9.17) is 0 Å². The highest BCUT2D eigenvalue weighted by Gasteiger charge is 2.07. The highest BCUT2D eigenvalue weighted by Crippen LogP contribution is 2.12. The lowest BCUT2D eigenvalue weighted by molar-refractivity contribution is 0.102. The van der Waals surface area contributed by atoms with Crippen LogP contribution in [0.15, 0.2) is 42.5 Å². The summed E-state index contributed by atoms with van der Waals surface area (Å²) in [5.41, 5.74) is 2.42. The molecule has 1 aromatic carbocycles. The highest BCUT2D eigenvalue weighted by atomic mass is 16.1. The van der Waals surface area contributed by atoms with Crippen LogP contribution in [0.1, 0.15) is 23.0 Å². The van der Waals surface area contributed by atoms with Gasteiger partial charge >= 0.3 is 0 Å². The summed E-state index contributed by atoms with van der Waals surface area (Å²) in [4.78, 5) is 16.2. The Hall–Kier alpha value is -2.36. The van der Waals surface area contributed by atoms with E-state index < -0.39 is 0 Å². The first-order valence-corrected chi connectivity index (χ1v) is 6.28. The first-order valence-electron chi connectivity index (χ1n) is 6.28. The molecule has 0 aliphatic carbocycles. The van der Waals surface area contributed by atoms with Gasteiger partial charge in [-0.15, -0.1) is 0 Å². The number of rotatable bonds is 4. The van der Waals surface area contributed by atoms with Gasteiger partial charge in [0.25, 0.3) is 5.91 Å². The molecular formula is C15H17N3O. The summed E-state index contributed by atoms with van der Waals surface area (Å²) >= 11 is 0. The van der Waals surface area contributed by atoms with Crippen molar-refractivity contribution in [2.45, 2.75) is 13.3 Å². The summed E-state index contributed by atoms with van der Waals surface area (Å²) < 4.78 is 0. The first kappa shape index (κ1) is 13.1. The predicted molar refractivity (Wildman–Crippen MR) is 77.6 cm³/mol. The first-order chi connectivity index (χ1) is 9.22. The molecule has 0 unspecified atom stereocenters. The van der Waals surface area contributed by atoms with Crippen LogP contribution in [0.5, 0.6) is 0 Å². The number of amides is 1. The maximum atomic E-state index is 12.0. The largest absolute Gasteiger partial charge is 0.373 e. The van der Waals surface area contributed by atoms with E-state index in [2.05, 4.69) is 22.5 Å². The SMILES string of the molecule is CCc1ccc(NC(=O)c2cccc(NC)n2)cc1. The number of nitrogens with one attached hydrogen (secondary N) is 2. The number of anilines is 2. The van der Waals surface area contributed by atoms with Gasteiger partial charge in [-0.05, 0) is 36.2 Å². The molecule has 0 bridgehead atoms. The lowest BCUT2D eigenvalue weighted by Gasteiger charge is -2.06. The topological polar surface area (TPSA) is 54.0 Å². The molecular weight excluding hydrogens is 238 g/mol. The number of aromatic nitrogens is 1. The molecule has 0 fully saturated rings. The Morgan fingerprint density at radius 3 is 2.53 bits per heavy atom. The smallest absolute Gasteiger partial charge is 0.274 e. The summed E-state index contributed by atoms with van der Waals surface area (Å²) in [7, 11) is 1.77. The predicted octanol–water partition coefficient (Wildman–Crippen LogP) is 2.94. The maximum Gasteiger partial charge on any atom is 0.274 e. The highest BCUT2D eigenvalue weighted by molar-refractivity contribution is 6.03.